The van der Waals surface area contributed by atoms with Gasteiger partial charge < -0.3 is 10.4 Å². The fraction of sp³-hybridized carbons (Fsp3) is 0.636. The Kier molecular flexibility index (Phi) is 3.21. The molecule has 0 amide bonds. The van der Waals surface area contributed by atoms with Gasteiger partial charge in [-0.3, -0.25) is 0 Å². The van der Waals surface area contributed by atoms with Crippen molar-refractivity contribution in [2.75, 3.05) is 19.7 Å². The molecule has 2 rings (SSSR count). The van der Waals surface area contributed by atoms with Crippen LogP contribution in [0.3, 0.4) is 0 Å². The maximum absolute atomic E-state index is 9.50. The second-order valence-corrected chi connectivity index (χ2v) is 5.23. The Hall–Kier alpha value is -0.380. The van der Waals surface area contributed by atoms with Gasteiger partial charge in [-0.25, -0.2) is 0 Å². The Bertz CT molecular complexity index is 265. The number of hydrogen-bond acceptors (Lipinski definition) is 3. The van der Waals surface area contributed by atoms with Crippen LogP contribution >= 0.6 is 11.3 Å². The lowest BCUT2D eigenvalue weighted by atomic mass is 9.78. The van der Waals surface area contributed by atoms with Crippen LogP contribution in [-0.2, 0) is 6.42 Å². The molecule has 1 atom stereocenters. The van der Waals surface area contributed by atoms with E-state index in [9.17, 15) is 5.11 Å². The molecule has 1 fully saturated rings. The van der Waals surface area contributed by atoms with E-state index in [0.717, 1.165) is 25.9 Å². The van der Waals surface area contributed by atoms with Gasteiger partial charge in [-0.1, -0.05) is 6.07 Å². The molecule has 1 aromatic heterocycles. The van der Waals surface area contributed by atoms with E-state index in [1.54, 1.807) is 11.3 Å². The fourth-order valence-corrected chi connectivity index (χ4v) is 3.03. The topological polar surface area (TPSA) is 32.3 Å². The number of nitrogens with one attached hydrogen (secondary N) is 1. The SMILES string of the molecule is OCC1(Cc2cccs2)CCCNC1. The van der Waals surface area contributed by atoms with E-state index < -0.39 is 0 Å². The molecule has 2 N–H and O–H groups in total. The molecule has 0 aliphatic carbocycles. The van der Waals surface area contributed by atoms with Crippen LogP contribution < -0.4 is 5.32 Å². The predicted molar refractivity (Wildman–Crippen MR) is 59.6 cm³/mol. The minimum absolute atomic E-state index is 0.100. The average molecular weight is 211 g/mol. The van der Waals surface area contributed by atoms with E-state index in [-0.39, 0.29) is 5.41 Å². The number of hydrogen-bond donors (Lipinski definition) is 2. The van der Waals surface area contributed by atoms with Gasteiger partial charge in [0.1, 0.15) is 0 Å². The van der Waals surface area contributed by atoms with Gasteiger partial charge in [0.2, 0.25) is 0 Å². The van der Waals surface area contributed by atoms with Crippen LogP contribution in [0.4, 0.5) is 0 Å². The summed E-state index contributed by atoms with van der Waals surface area (Å²) in [6.45, 7) is 2.37. The van der Waals surface area contributed by atoms with Crippen molar-refractivity contribution in [2.45, 2.75) is 19.3 Å². The second-order valence-electron chi connectivity index (χ2n) is 4.19. The molecule has 0 saturated carbocycles. The molecule has 1 saturated heterocycles. The highest BCUT2D eigenvalue weighted by Crippen LogP contribution is 2.31. The van der Waals surface area contributed by atoms with Crippen molar-refractivity contribution in [3.63, 3.8) is 0 Å². The van der Waals surface area contributed by atoms with Crippen LogP contribution in [-0.4, -0.2) is 24.8 Å². The van der Waals surface area contributed by atoms with Crippen LogP contribution in [0, 0.1) is 5.41 Å². The Labute approximate surface area is 89.0 Å². The van der Waals surface area contributed by atoms with E-state index in [1.807, 2.05) is 0 Å². The zero-order chi connectivity index (χ0) is 9.86. The van der Waals surface area contributed by atoms with Crippen LogP contribution in [0.15, 0.2) is 17.5 Å². The second kappa shape index (κ2) is 4.43. The maximum Gasteiger partial charge on any atom is 0.0503 e. The first kappa shape index (κ1) is 10.1. The number of aliphatic hydroxyl groups excluding tert-OH is 1. The monoisotopic (exact) mass is 211 g/mol. The van der Waals surface area contributed by atoms with Crippen LogP contribution in [0.25, 0.3) is 0 Å². The molecule has 0 radical (unpaired) electrons. The van der Waals surface area contributed by atoms with Crippen LogP contribution in [0.1, 0.15) is 17.7 Å². The molecule has 0 spiro atoms. The summed E-state index contributed by atoms with van der Waals surface area (Å²) in [5.41, 5.74) is 0.100. The Morgan fingerprint density at radius 1 is 1.57 bits per heavy atom. The molecule has 14 heavy (non-hydrogen) atoms. The van der Waals surface area contributed by atoms with Gasteiger partial charge in [-0.05, 0) is 37.3 Å². The van der Waals surface area contributed by atoms with Crippen LogP contribution in [0.2, 0.25) is 0 Å². The molecular formula is C11H17NOS. The van der Waals surface area contributed by atoms with Gasteiger partial charge in [0.15, 0.2) is 0 Å². The lowest BCUT2D eigenvalue weighted by Gasteiger charge is -2.35. The third kappa shape index (κ3) is 2.16. The van der Waals surface area contributed by atoms with Crippen molar-refractivity contribution < 1.29 is 5.11 Å². The Morgan fingerprint density at radius 2 is 2.50 bits per heavy atom. The Balaban J connectivity index is 2.04. The molecule has 1 aromatic rings. The quantitative estimate of drug-likeness (QED) is 0.797. The van der Waals surface area contributed by atoms with Crippen molar-refractivity contribution in [2.24, 2.45) is 5.41 Å². The molecule has 1 aliphatic rings. The first-order valence-electron chi connectivity index (χ1n) is 5.19. The first-order chi connectivity index (χ1) is 6.85. The third-order valence-corrected chi connectivity index (χ3v) is 3.90. The summed E-state index contributed by atoms with van der Waals surface area (Å²) in [5, 5.41) is 15.0. The summed E-state index contributed by atoms with van der Waals surface area (Å²) < 4.78 is 0. The molecule has 78 valence electrons. The van der Waals surface area contributed by atoms with Crippen molar-refractivity contribution in [3.05, 3.63) is 22.4 Å². The zero-order valence-electron chi connectivity index (χ0n) is 8.33. The average Bonchev–Trinajstić information content (AvgIpc) is 2.72. The van der Waals surface area contributed by atoms with E-state index in [1.165, 1.54) is 11.3 Å². The normalized spacial score (nSPS) is 27.8. The molecule has 0 aromatic carbocycles. The minimum atomic E-state index is 0.100. The molecule has 2 heterocycles. The summed E-state index contributed by atoms with van der Waals surface area (Å²) in [4.78, 5) is 1.39. The zero-order valence-corrected chi connectivity index (χ0v) is 9.15. The van der Waals surface area contributed by atoms with Gasteiger partial charge in [-0.15, -0.1) is 11.3 Å². The number of piperidine rings is 1. The van der Waals surface area contributed by atoms with Gasteiger partial charge >= 0.3 is 0 Å². The summed E-state index contributed by atoms with van der Waals surface area (Å²) >= 11 is 1.79. The third-order valence-electron chi connectivity index (χ3n) is 3.03. The molecular weight excluding hydrogens is 194 g/mol. The first-order valence-corrected chi connectivity index (χ1v) is 6.07. The molecule has 3 heteroatoms. The minimum Gasteiger partial charge on any atom is -0.396 e. The van der Waals surface area contributed by atoms with Crippen molar-refractivity contribution in [1.82, 2.24) is 5.32 Å². The lowest BCUT2D eigenvalue weighted by Crippen LogP contribution is -2.43. The van der Waals surface area contributed by atoms with Gasteiger partial charge in [0, 0.05) is 16.8 Å². The van der Waals surface area contributed by atoms with Gasteiger partial charge in [0.25, 0.3) is 0 Å². The number of aliphatic hydroxyl groups is 1. The predicted octanol–water partition coefficient (Wildman–Crippen LogP) is 1.65. The van der Waals surface area contributed by atoms with Crippen LogP contribution in [0.5, 0.6) is 0 Å². The van der Waals surface area contributed by atoms with Crippen molar-refractivity contribution in [3.8, 4) is 0 Å². The van der Waals surface area contributed by atoms with Gasteiger partial charge in [0.05, 0.1) is 6.61 Å². The Morgan fingerprint density at radius 3 is 3.07 bits per heavy atom. The van der Waals surface area contributed by atoms with E-state index in [0.29, 0.717) is 6.61 Å². The summed E-state index contributed by atoms with van der Waals surface area (Å²) in [6, 6.07) is 4.25. The largest absolute Gasteiger partial charge is 0.396 e. The molecule has 1 aliphatic heterocycles. The summed E-state index contributed by atoms with van der Waals surface area (Å²) in [7, 11) is 0. The smallest absolute Gasteiger partial charge is 0.0503 e. The standard InChI is InChI=1S/C11H17NOS/c13-9-11(4-2-5-12-8-11)7-10-3-1-6-14-10/h1,3,6,12-13H,2,4-5,7-9H2. The molecule has 2 nitrogen and oxygen atoms in total. The fourth-order valence-electron chi connectivity index (χ4n) is 2.15. The van der Waals surface area contributed by atoms with Gasteiger partial charge in [-0.2, -0.15) is 0 Å². The summed E-state index contributed by atoms with van der Waals surface area (Å²) in [5.74, 6) is 0. The van der Waals surface area contributed by atoms with E-state index in [4.69, 9.17) is 0 Å². The molecule has 1 unspecified atom stereocenters. The van der Waals surface area contributed by atoms with Crippen molar-refractivity contribution >= 4 is 11.3 Å². The van der Waals surface area contributed by atoms with E-state index >= 15 is 0 Å². The van der Waals surface area contributed by atoms with E-state index in [2.05, 4.69) is 22.8 Å². The number of rotatable bonds is 3. The highest BCUT2D eigenvalue weighted by molar-refractivity contribution is 7.09. The highest BCUT2D eigenvalue weighted by Gasteiger charge is 2.31. The maximum atomic E-state index is 9.50. The van der Waals surface area contributed by atoms with Crippen molar-refractivity contribution in [1.29, 1.82) is 0 Å². The summed E-state index contributed by atoms with van der Waals surface area (Å²) in [6.07, 6.45) is 3.36. The molecule has 0 bridgehead atoms. The highest BCUT2D eigenvalue weighted by atomic mass is 32.1. The lowest BCUT2D eigenvalue weighted by molar-refractivity contribution is 0.0956. The number of thiophene rings is 1.